The van der Waals surface area contributed by atoms with Crippen LogP contribution in [-0.4, -0.2) is 60.5 Å². The summed E-state index contributed by atoms with van der Waals surface area (Å²) >= 11 is 0. The molecule has 1 aliphatic heterocycles. The second kappa shape index (κ2) is 13.7. The van der Waals surface area contributed by atoms with Crippen LogP contribution in [0.4, 0.5) is 4.39 Å². The highest BCUT2D eigenvalue weighted by Gasteiger charge is 2.20. The maximum atomic E-state index is 14.0. The molecule has 1 aliphatic rings. The van der Waals surface area contributed by atoms with E-state index in [0.717, 1.165) is 56.2 Å². The number of rotatable bonds is 8. The number of piperidine rings is 1. The summed E-state index contributed by atoms with van der Waals surface area (Å²) in [6.45, 7) is 6.97. The van der Waals surface area contributed by atoms with Crippen LogP contribution in [-0.2, 0) is 19.6 Å². The van der Waals surface area contributed by atoms with Gasteiger partial charge in [0.25, 0.3) is 0 Å². The van der Waals surface area contributed by atoms with Crippen LogP contribution >= 0.6 is 24.0 Å². The fraction of sp³-hybridized carbons (Fsp3) is 0.500. The van der Waals surface area contributed by atoms with Crippen molar-refractivity contribution in [3.05, 3.63) is 65.2 Å². The molecule has 1 saturated heterocycles. The molecule has 0 atom stereocenters. The van der Waals surface area contributed by atoms with Gasteiger partial charge in [0.05, 0.1) is 12.2 Å². The Morgan fingerprint density at radius 3 is 2.66 bits per heavy atom. The minimum atomic E-state index is -0.163. The predicted molar refractivity (Wildman–Crippen MR) is 140 cm³/mol. The van der Waals surface area contributed by atoms with Gasteiger partial charge in [0.2, 0.25) is 0 Å². The Morgan fingerprint density at radius 2 is 2.00 bits per heavy atom. The molecular weight excluding hydrogens is 518 g/mol. The van der Waals surface area contributed by atoms with Gasteiger partial charge < -0.3 is 15.5 Å². The van der Waals surface area contributed by atoms with Crippen molar-refractivity contribution >= 4 is 29.9 Å². The van der Waals surface area contributed by atoms with E-state index in [9.17, 15) is 4.39 Å². The first kappa shape index (κ1) is 26.5. The molecule has 176 valence electrons. The number of guanidine groups is 1. The normalized spacial score (nSPS) is 15.5. The van der Waals surface area contributed by atoms with Gasteiger partial charge >= 0.3 is 0 Å². The molecule has 6 nitrogen and oxygen atoms in total. The van der Waals surface area contributed by atoms with E-state index in [2.05, 4.69) is 33.5 Å². The Morgan fingerprint density at radius 1 is 1.22 bits per heavy atom. The van der Waals surface area contributed by atoms with E-state index < -0.39 is 0 Å². The molecule has 1 aromatic carbocycles. The Kier molecular flexibility index (Phi) is 11.3. The fourth-order valence-electron chi connectivity index (χ4n) is 3.83. The molecule has 32 heavy (non-hydrogen) atoms. The van der Waals surface area contributed by atoms with Crippen LogP contribution < -0.4 is 10.6 Å². The number of hydrogen-bond acceptors (Lipinski definition) is 4. The summed E-state index contributed by atoms with van der Waals surface area (Å²) in [5.41, 5.74) is 2.84. The van der Waals surface area contributed by atoms with Gasteiger partial charge in [-0.2, -0.15) is 0 Å². The Labute approximate surface area is 208 Å². The quantitative estimate of drug-likeness (QED) is 0.297. The largest absolute Gasteiger partial charge is 0.357 e. The van der Waals surface area contributed by atoms with E-state index >= 15 is 0 Å². The molecule has 2 N–H and O–H groups in total. The zero-order valence-electron chi connectivity index (χ0n) is 19.4. The average Bonchev–Trinajstić information content (AvgIpc) is 2.76. The first-order valence-corrected chi connectivity index (χ1v) is 11.1. The standard InChI is InChI=1S/C24H35FN6.HI/c1-4-26-24(28-16-19-8-9-23(25)20(15-19)17-30(2)3)29-21-10-13-31(14-11-21)18-22-7-5-6-12-27-22;/h5-9,12,15,21H,4,10-11,13-14,16-18H2,1-3H3,(H2,26,28,29);1H. The van der Waals surface area contributed by atoms with Gasteiger partial charge in [-0.25, -0.2) is 9.38 Å². The van der Waals surface area contributed by atoms with E-state index in [4.69, 9.17) is 4.99 Å². The molecule has 8 heteroatoms. The highest BCUT2D eigenvalue weighted by atomic mass is 127. The summed E-state index contributed by atoms with van der Waals surface area (Å²) in [7, 11) is 3.89. The summed E-state index contributed by atoms with van der Waals surface area (Å²) in [6.07, 6.45) is 3.99. The number of aliphatic imine (C=N–C) groups is 1. The smallest absolute Gasteiger partial charge is 0.191 e. The lowest BCUT2D eigenvalue weighted by molar-refractivity contribution is 0.196. The van der Waals surface area contributed by atoms with Crippen molar-refractivity contribution in [1.82, 2.24) is 25.4 Å². The molecule has 0 amide bonds. The molecule has 1 aromatic heterocycles. The van der Waals surface area contributed by atoms with Crippen molar-refractivity contribution in [3.8, 4) is 0 Å². The average molecular weight is 554 g/mol. The van der Waals surface area contributed by atoms with Crippen molar-refractivity contribution in [2.24, 2.45) is 4.99 Å². The second-order valence-corrected chi connectivity index (χ2v) is 8.37. The van der Waals surface area contributed by atoms with Crippen molar-refractivity contribution in [2.45, 2.75) is 45.4 Å². The van der Waals surface area contributed by atoms with Crippen molar-refractivity contribution < 1.29 is 4.39 Å². The van der Waals surface area contributed by atoms with Gasteiger partial charge in [0, 0.05) is 50.5 Å². The number of pyridine rings is 1. The van der Waals surface area contributed by atoms with Crippen LogP contribution in [0.3, 0.4) is 0 Å². The van der Waals surface area contributed by atoms with Crippen LogP contribution in [0.15, 0.2) is 47.6 Å². The van der Waals surface area contributed by atoms with Crippen LogP contribution in [0.25, 0.3) is 0 Å². The zero-order chi connectivity index (χ0) is 22.1. The first-order valence-electron chi connectivity index (χ1n) is 11.1. The SMILES string of the molecule is CCNC(=NCc1ccc(F)c(CN(C)C)c1)NC1CCN(Cc2ccccn2)CC1.I. The molecule has 0 aliphatic carbocycles. The highest BCUT2D eigenvalue weighted by molar-refractivity contribution is 14.0. The third kappa shape index (κ3) is 8.63. The molecule has 2 aromatic rings. The van der Waals surface area contributed by atoms with E-state index in [0.29, 0.717) is 24.7 Å². The summed E-state index contributed by atoms with van der Waals surface area (Å²) < 4.78 is 14.0. The van der Waals surface area contributed by atoms with E-state index in [1.54, 1.807) is 6.07 Å². The second-order valence-electron chi connectivity index (χ2n) is 8.37. The number of nitrogens with one attached hydrogen (secondary N) is 2. The maximum absolute atomic E-state index is 14.0. The molecule has 0 unspecified atom stereocenters. The molecule has 3 rings (SSSR count). The molecule has 0 bridgehead atoms. The maximum Gasteiger partial charge on any atom is 0.191 e. The number of nitrogens with zero attached hydrogens (tertiary/aromatic N) is 4. The number of halogens is 2. The van der Waals surface area contributed by atoms with Gasteiger partial charge in [-0.15, -0.1) is 24.0 Å². The summed E-state index contributed by atoms with van der Waals surface area (Å²) in [5, 5.41) is 6.93. The lowest BCUT2D eigenvalue weighted by Gasteiger charge is -2.32. The Balaban J connectivity index is 0.00000363. The van der Waals surface area contributed by atoms with E-state index in [-0.39, 0.29) is 29.8 Å². The van der Waals surface area contributed by atoms with Crippen LogP contribution in [0.2, 0.25) is 0 Å². The molecule has 0 spiro atoms. The number of benzene rings is 1. The van der Waals surface area contributed by atoms with Crippen LogP contribution in [0.5, 0.6) is 0 Å². The predicted octanol–water partition coefficient (Wildman–Crippen LogP) is 3.62. The van der Waals surface area contributed by atoms with Gasteiger partial charge in [0.1, 0.15) is 5.82 Å². The number of aromatic nitrogens is 1. The van der Waals surface area contributed by atoms with Gasteiger partial charge in [-0.1, -0.05) is 12.1 Å². The summed E-state index contributed by atoms with van der Waals surface area (Å²) in [6, 6.07) is 11.8. The Hall–Kier alpha value is -1.78. The lowest BCUT2D eigenvalue weighted by Crippen LogP contribution is -2.48. The van der Waals surface area contributed by atoms with Crippen molar-refractivity contribution in [2.75, 3.05) is 33.7 Å². The van der Waals surface area contributed by atoms with Gasteiger partial charge in [0.15, 0.2) is 5.96 Å². The minimum absolute atomic E-state index is 0. The highest BCUT2D eigenvalue weighted by Crippen LogP contribution is 2.14. The van der Waals surface area contributed by atoms with Crippen molar-refractivity contribution in [3.63, 3.8) is 0 Å². The molecule has 2 heterocycles. The minimum Gasteiger partial charge on any atom is -0.357 e. The lowest BCUT2D eigenvalue weighted by atomic mass is 10.0. The third-order valence-corrected chi connectivity index (χ3v) is 5.40. The summed E-state index contributed by atoms with van der Waals surface area (Å²) in [5.74, 6) is 0.660. The first-order chi connectivity index (χ1) is 15.0. The van der Waals surface area contributed by atoms with Crippen LogP contribution in [0, 0.1) is 5.82 Å². The fourth-order valence-corrected chi connectivity index (χ4v) is 3.83. The molecule has 0 radical (unpaired) electrons. The topological polar surface area (TPSA) is 55.8 Å². The number of likely N-dealkylation sites (tertiary alicyclic amines) is 1. The molecule has 1 fully saturated rings. The number of hydrogen-bond donors (Lipinski definition) is 2. The van der Waals surface area contributed by atoms with Crippen molar-refractivity contribution in [1.29, 1.82) is 0 Å². The monoisotopic (exact) mass is 554 g/mol. The molecular formula is C24H36FIN6. The zero-order valence-corrected chi connectivity index (χ0v) is 21.7. The van der Waals surface area contributed by atoms with E-state index in [1.165, 1.54) is 0 Å². The molecule has 0 saturated carbocycles. The third-order valence-electron chi connectivity index (χ3n) is 5.40. The van der Waals surface area contributed by atoms with Crippen LogP contribution in [0.1, 0.15) is 36.6 Å². The summed E-state index contributed by atoms with van der Waals surface area (Å²) in [4.78, 5) is 13.6. The Bertz CT molecular complexity index is 838. The van der Waals surface area contributed by atoms with Gasteiger partial charge in [-0.3, -0.25) is 9.88 Å². The van der Waals surface area contributed by atoms with E-state index in [1.807, 2.05) is 49.5 Å². The van der Waals surface area contributed by atoms with Gasteiger partial charge in [-0.05, 0) is 63.7 Å².